The van der Waals surface area contributed by atoms with Crippen LogP contribution in [0.25, 0.3) is 10.9 Å². The van der Waals surface area contributed by atoms with Gasteiger partial charge in [0.1, 0.15) is 5.75 Å². The van der Waals surface area contributed by atoms with E-state index in [2.05, 4.69) is 4.98 Å². The molecule has 0 aliphatic rings. The van der Waals surface area contributed by atoms with Gasteiger partial charge in [-0.3, -0.25) is 0 Å². The molecular weight excluding hydrogens is 180 g/mol. The maximum Gasteiger partial charge on any atom is 0.211 e. The van der Waals surface area contributed by atoms with Gasteiger partial charge in [-0.25, -0.2) is 4.98 Å². The zero-order chi connectivity index (χ0) is 10.3. The summed E-state index contributed by atoms with van der Waals surface area (Å²) in [6.45, 7) is 1.83. The monoisotopic (exact) mass is 190 g/mol. The second-order valence-electron chi connectivity index (χ2n) is 3.23. The van der Waals surface area contributed by atoms with Gasteiger partial charge < -0.3 is 15.9 Å². The number of fused-ring (bicyclic) bond motifs is 1. The Hall–Kier alpha value is -1.97. The Morgan fingerprint density at radius 3 is 2.64 bits per heavy atom. The number of phenols is 1. The molecule has 0 fully saturated rings. The molecule has 0 saturated heterocycles. The summed E-state index contributed by atoms with van der Waals surface area (Å²) < 4.78 is 0. The molecule has 0 spiro atoms. The highest BCUT2D eigenvalue weighted by atomic mass is 16.3. The van der Waals surface area contributed by atoms with Gasteiger partial charge in [0.15, 0.2) is 0 Å². The van der Waals surface area contributed by atoms with Gasteiger partial charge in [-0.15, -0.1) is 0 Å². The van der Waals surface area contributed by atoms with Gasteiger partial charge in [0.05, 0.1) is 11.2 Å². The average Bonchev–Trinajstić information content (AvgIpc) is 2.08. The number of anilines is 1. The van der Waals surface area contributed by atoms with E-state index < -0.39 is 0 Å². The predicted octanol–water partition coefficient (Wildman–Crippen LogP) is 1.54. The zero-order valence-electron chi connectivity index (χ0n) is 7.65. The fourth-order valence-electron chi connectivity index (χ4n) is 1.43. The van der Waals surface area contributed by atoms with Crippen LogP contribution in [-0.4, -0.2) is 15.2 Å². The van der Waals surface area contributed by atoms with E-state index in [0.717, 1.165) is 10.9 Å². The molecule has 4 N–H and O–H groups in total. The Balaban J connectivity index is 2.89. The normalized spacial score (nSPS) is 10.6. The van der Waals surface area contributed by atoms with Gasteiger partial charge in [-0.1, -0.05) is 0 Å². The second kappa shape index (κ2) is 2.77. The van der Waals surface area contributed by atoms with Crippen molar-refractivity contribution in [2.75, 3.05) is 5.73 Å². The summed E-state index contributed by atoms with van der Waals surface area (Å²) in [5.74, 6) is -0.00632. The van der Waals surface area contributed by atoms with Crippen molar-refractivity contribution < 1.29 is 10.2 Å². The molecule has 1 heterocycles. The van der Waals surface area contributed by atoms with Gasteiger partial charge in [0.25, 0.3) is 0 Å². The number of hydrogen-bond donors (Lipinski definition) is 3. The van der Waals surface area contributed by atoms with E-state index in [1.165, 1.54) is 12.1 Å². The van der Waals surface area contributed by atoms with Crippen molar-refractivity contribution in [3.05, 3.63) is 23.8 Å². The van der Waals surface area contributed by atoms with E-state index in [9.17, 15) is 10.2 Å². The minimum atomic E-state index is -0.0416. The number of pyridine rings is 1. The third kappa shape index (κ3) is 1.21. The van der Waals surface area contributed by atoms with E-state index in [1.807, 2.05) is 6.92 Å². The SMILES string of the molecule is Cc1cc(O)nc2cc(N)c(O)cc12. The molecule has 0 unspecified atom stereocenters. The summed E-state index contributed by atoms with van der Waals surface area (Å²) >= 11 is 0. The first-order chi connectivity index (χ1) is 6.58. The van der Waals surface area contributed by atoms with E-state index >= 15 is 0 Å². The lowest BCUT2D eigenvalue weighted by Gasteiger charge is -2.05. The molecule has 4 heteroatoms. The largest absolute Gasteiger partial charge is 0.506 e. The van der Waals surface area contributed by atoms with Gasteiger partial charge in [0.2, 0.25) is 5.88 Å². The molecule has 0 bridgehead atoms. The number of rotatable bonds is 0. The molecule has 14 heavy (non-hydrogen) atoms. The Kier molecular flexibility index (Phi) is 1.70. The van der Waals surface area contributed by atoms with E-state index in [1.54, 1.807) is 6.07 Å². The molecule has 0 radical (unpaired) electrons. The number of aromatic nitrogens is 1. The first-order valence-electron chi connectivity index (χ1n) is 4.17. The Bertz CT molecular complexity index is 509. The molecule has 0 aliphatic heterocycles. The molecule has 2 aromatic rings. The first-order valence-corrected chi connectivity index (χ1v) is 4.17. The molecule has 0 aliphatic carbocycles. The molecule has 1 aromatic carbocycles. The molecule has 1 aromatic heterocycles. The van der Waals surface area contributed by atoms with Crippen molar-refractivity contribution in [2.24, 2.45) is 0 Å². The zero-order valence-corrected chi connectivity index (χ0v) is 7.65. The van der Waals surface area contributed by atoms with Gasteiger partial charge in [0, 0.05) is 11.5 Å². The number of hydrogen-bond acceptors (Lipinski definition) is 4. The quantitative estimate of drug-likeness (QED) is 0.435. The number of nitrogens with two attached hydrogens (primary N) is 1. The van der Waals surface area contributed by atoms with Crippen molar-refractivity contribution in [3.63, 3.8) is 0 Å². The molecule has 72 valence electrons. The molecule has 0 saturated carbocycles. The highest BCUT2D eigenvalue weighted by Crippen LogP contribution is 2.29. The van der Waals surface area contributed by atoms with E-state index in [4.69, 9.17) is 5.73 Å². The van der Waals surface area contributed by atoms with Crippen LogP contribution in [0.3, 0.4) is 0 Å². The van der Waals surface area contributed by atoms with Gasteiger partial charge in [-0.05, 0) is 24.6 Å². The summed E-state index contributed by atoms with van der Waals surface area (Å²) in [5.41, 5.74) is 7.20. The van der Waals surface area contributed by atoms with E-state index in [-0.39, 0.29) is 17.3 Å². The van der Waals surface area contributed by atoms with Crippen LogP contribution in [0.5, 0.6) is 11.6 Å². The topological polar surface area (TPSA) is 79.4 Å². The van der Waals surface area contributed by atoms with Crippen LogP contribution in [-0.2, 0) is 0 Å². The van der Waals surface area contributed by atoms with Gasteiger partial charge in [-0.2, -0.15) is 0 Å². The Morgan fingerprint density at radius 2 is 1.93 bits per heavy atom. The summed E-state index contributed by atoms with van der Waals surface area (Å²) in [6, 6.07) is 4.63. The number of phenolic OH excluding ortho intramolecular Hbond substituents is 1. The molecule has 0 atom stereocenters. The van der Waals surface area contributed by atoms with Crippen molar-refractivity contribution in [1.29, 1.82) is 0 Å². The average molecular weight is 190 g/mol. The molecule has 4 nitrogen and oxygen atoms in total. The van der Waals surface area contributed by atoms with Crippen LogP contribution in [0, 0.1) is 6.92 Å². The van der Waals surface area contributed by atoms with Crippen LogP contribution in [0.4, 0.5) is 5.69 Å². The maximum absolute atomic E-state index is 9.40. The van der Waals surface area contributed by atoms with Crippen molar-refractivity contribution in [3.8, 4) is 11.6 Å². The molecule has 2 rings (SSSR count). The summed E-state index contributed by atoms with van der Waals surface area (Å²) in [6.07, 6.45) is 0. The fraction of sp³-hybridized carbons (Fsp3) is 0.100. The summed E-state index contributed by atoms with van der Waals surface area (Å²) in [5, 5.41) is 19.4. The van der Waals surface area contributed by atoms with Crippen LogP contribution >= 0.6 is 0 Å². The first kappa shape index (κ1) is 8.62. The highest BCUT2D eigenvalue weighted by molar-refractivity contribution is 5.87. The minimum absolute atomic E-state index is 0.0353. The minimum Gasteiger partial charge on any atom is -0.506 e. The number of benzene rings is 1. The third-order valence-corrected chi connectivity index (χ3v) is 2.15. The summed E-state index contributed by atoms with van der Waals surface area (Å²) in [7, 11) is 0. The van der Waals surface area contributed by atoms with Crippen molar-refractivity contribution in [1.82, 2.24) is 4.98 Å². The van der Waals surface area contributed by atoms with Crippen molar-refractivity contribution >= 4 is 16.6 Å². The fourth-order valence-corrected chi connectivity index (χ4v) is 1.43. The van der Waals surface area contributed by atoms with Crippen LogP contribution in [0.2, 0.25) is 0 Å². The molecule has 0 amide bonds. The Morgan fingerprint density at radius 1 is 1.21 bits per heavy atom. The van der Waals surface area contributed by atoms with Crippen LogP contribution in [0.15, 0.2) is 18.2 Å². The second-order valence-corrected chi connectivity index (χ2v) is 3.23. The van der Waals surface area contributed by atoms with Crippen LogP contribution < -0.4 is 5.73 Å². The lowest BCUT2D eigenvalue weighted by molar-refractivity contribution is 0.455. The highest BCUT2D eigenvalue weighted by Gasteiger charge is 2.05. The summed E-state index contributed by atoms with van der Waals surface area (Å²) in [4.78, 5) is 3.90. The lowest BCUT2D eigenvalue weighted by atomic mass is 10.1. The predicted molar refractivity (Wildman–Crippen MR) is 54.2 cm³/mol. The van der Waals surface area contributed by atoms with Crippen molar-refractivity contribution in [2.45, 2.75) is 6.92 Å². The number of nitrogens with zero attached hydrogens (tertiary/aromatic N) is 1. The number of aromatic hydroxyl groups is 2. The van der Waals surface area contributed by atoms with Gasteiger partial charge >= 0.3 is 0 Å². The standard InChI is InChI=1S/C10H10N2O2/c1-5-2-10(14)12-8-4-7(11)9(13)3-6(5)8/h2-4,13H,11H2,1H3,(H,12,14). The van der Waals surface area contributed by atoms with E-state index in [0.29, 0.717) is 5.52 Å². The maximum atomic E-state index is 9.40. The molecular formula is C10H10N2O2. The number of aryl methyl sites for hydroxylation is 1. The number of nitrogen functional groups attached to an aromatic ring is 1. The lowest BCUT2D eigenvalue weighted by Crippen LogP contribution is -1.89. The smallest absolute Gasteiger partial charge is 0.211 e. The van der Waals surface area contributed by atoms with Crippen LogP contribution in [0.1, 0.15) is 5.56 Å². The third-order valence-electron chi connectivity index (χ3n) is 2.15. The Labute approximate surface area is 80.6 Å².